The number of halogens is 4. The van der Waals surface area contributed by atoms with Gasteiger partial charge in [0.25, 0.3) is 0 Å². The van der Waals surface area contributed by atoms with Crippen LogP contribution in [0.1, 0.15) is 12.0 Å². The zero-order valence-electron chi connectivity index (χ0n) is 13.4. The molecule has 0 bridgehead atoms. The number of carbonyl (C=O) groups is 2. The summed E-state index contributed by atoms with van der Waals surface area (Å²) < 4.78 is 39.6. The van der Waals surface area contributed by atoms with E-state index in [1.807, 2.05) is 0 Å². The fourth-order valence-electron chi connectivity index (χ4n) is 2.86. The average Bonchev–Trinajstić information content (AvgIpc) is 2.98. The van der Waals surface area contributed by atoms with E-state index in [0.717, 1.165) is 11.0 Å². The predicted molar refractivity (Wildman–Crippen MR) is 92.0 cm³/mol. The highest BCUT2D eigenvalue weighted by atomic mass is 35.5. The van der Waals surface area contributed by atoms with Crippen LogP contribution in [0.2, 0.25) is 5.02 Å². The number of benzene rings is 2. The van der Waals surface area contributed by atoms with Gasteiger partial charge in [-0.1, -0.05) is 35.9 Å². The number of rotatable bonds is 3. The SMILES string of the molecule is O=C(Nc1ccccc1Cl)C1CC(=O)N(c2ccccc2C(F)(F)F)C1. The molecule has 2 aromatic rings. The van der Waals surface area contributed by atoms with E-state index in [-0.39, 0.29) is 18.7 Å². The Balaban J connectivity index is 1.80. The summed E-state index contributed by atoms with van der Waals surface area (Å²) >= 11 is 5.98. The molecule has 1 heterocycles. The molecule has 0 aromatic heterocycles. The molecule has 1 unspecified atom stereocenters. The highest BCUT2D eigenvalue weighted by molar-refractivity contribution is 6.33. The standard InChI is InChI=1S/C18H14ClF3N2O2/c19-13-6-2-3-7-14(13)23-17(26)11-9-16(25)24(10-11)15-8-4-1-5-12(15)18(20,21)22/h1-8,11H,9-10H2,(H,23,26). The van der Waals surface area contributed by atoms with Gasteiger partial charge in [0, 0.05) is 13.0 Å². The van der Waals surface area contributed by atoms with E-state index < -0.39 is 29.5 Å². The monoisotopic (exact) mass is 382 g/mol. The van der Waals surface area contributed by atoms with Gasteiger partial charge in [0.15, 0.2) is 0 Å². The minimum Gasteiger partial charge on any atom is -0.324 e. The summed E-state index contributed by atoms with van der Waals surface area (Å²) in [4.78, 5) is 25.7. The third-order valence-electron chi connectivity index (χ3n) is 4.13. The molecule has 8 heteroatoms. The van der Waals surface area contributed by atoms with Crippen LogP contribution in [0.15, 0.2) is 48.5 Å². The van der Waals surface area contributed by atoms with Crippen molar-refractivity contribution < 1.29 is 22.8 Å². The van der Waals surface area contributed by atoms with Crippen molar-refractivity contribution >= 4 is 34.8 Å². The molecule has 1 saturated heterocycles. The van der Waals surface area contributed by atoms with Gasteiger partial charge in [0.2, 0.25) is 11.8 Å². The predicted octanol–water partition coefficient (Wildman–Crippen LogP) is 4.35. The molecule has 4 nitrogen and oxygen atoms in total. The number of hydrogen-bond donors (Lipinski definition) is 1. The molecule has 0 radical (unpaired) electrons. The molecule has 3 rings (SSSR count). The average molecular weight is 383 g/mol. The van der Waals surface area contributed by atoms with Crippen molar-refractivity contribution in [2.24, 2.45) is 5.92 Å². The molecule has 0 aliphatic carbocycles. The molecule has 1 aliphatic heterocycles. The van der Waals surface area contributed by atoms with Gasteiger partial charge in [-0.05, 0) is 24.3 Å². The summed E-state index contributed by atoms with van der Waals surface area (Å²) in [5.41, 5.74) is -0.751. The van der Waals surface area contributed by atoms with Crippen molar-refractivity contribution in [3.63, 3.8) is 0 Å². The van der Waals surface area contributed by atoms with Crippen LogP contribution in [0.25, 0.3) is 0 Å². The van der Waals surface area contributed by atoms with Crippen LogP contribution in [0.5, 0.6) is 0 Å². The third kappa shape index (κ3) is 3.67. The summed E-state index contributed by atoms with van der Waals surface area (Å²) in [5.74, 6) is -1.75. The quantitative estimate of drug-likeness (QED) is 0.858. The van der Waals surface area contributed by atoms with Crippen molar-refractivity contribution in [2.45, 2.75) is 12.6 Å². The van der Waals surface area contributed by atoms with Crippen molar-refractivity contribution in [1.82, 2.24) is 0 Å². The first kappa shape index (κ1) is 18.3. The Kier molecular flexibility index (Phi) is 4.91. The second-order valence-corrected chi connectivity index (χ2v) is 6.30. The Morgan fingerprint density at radius 1 is 1.12 bits per heavy atom. The van der Waals surface area contributed by atoms with Gasteiger partial charge in [-0.25, -0.2) is 0 Å². The number of hydrogen-bond acceptors (Lipinski definition) is 2. The summed E-state index contributed by atoms with van der Waals surface area (Å²) in [6, 6.07) is 11.4. The number of nitrogens with one attached hydrogen (secondary N) is 1. The Bertz CT molecular complexity index is 854. The smallest absolute Gasteiger partial charge is 0.324 e. The molecule has 1 aliphatic rings. The lowest BCUT2D eigenvalue weighted by Crippen LogP contribution is -2.29. The summed E-state index contributed by atoms with van der Waals surface area (Å²) in [6.45, 7) is -0.123. The summed E-state index contributed by atoms with van der Waals surface area (Å²) in [7, 11) is 0. The van der Waals surface area contributed by atoms with Gasteiger partial charge >= 0.3 is 6.18 Å². The van der Waals surface area contributed by atoms with Gasteiger partial charge in [0.05, 0.1) is 27.9 Å². The minimum atomic E-state index is -4.59. The lowest BCUT2D eigenvalue weighted by molar-refractivity contribution is -0.137. The molecule has 1 atom stereocenters. The second kappa shape index (κ2) is 6.99. The fraction of sp³-hybridized carbons (Fsp3) is 0.222. The number of para-hydroxylation sites is 2. The maximum absolute atomic E-state index is 13.2. The molecule has 0 spiro atoms. The molecule has 1 fully saturated rings. The van der Waals surface area contributed by atoms with Crippen molar-refractivity contribution in [3.05, 3.63) is 59.1 Å². The van der Waals surface area contributed by atoms with Crippen molar-refractivity contribution in [1.29, 1.82) is 0 Å². The first-order valence-corrected chi connectivity index (χ1v) is 8.17. The van der Waals surface area contributed by atoms with E-state index in [9.17, 15) is 22.8 Å². The van der Waals surface area contributed by atoms with Crippen LogP contribution in [0, 0.1) is 5.92 Å². The molecular weight excluding hydrogens is 369 g/mol. The first-order valence-electron chi connectivity index (χ1n) is 7.79. The maximum atomic E-state index is 13.2. The second-order valence-electron chi connectivity index (χ2n) is 5.89. The molecular formula is C18H14ClF3N2O2. The number of anilines is 2. The van der Waals surface area contributed by atoms with Crippen LogP contribution < -0.4 is 10.2 Å². The van der Waals surface area contributed by atoms with Gasteiger partial charge in [-0.2, -0.15) is 13.2 Å². The largest absolute Gasteiger partial charge is 0.418 e. The lowest BCUT2D eigenvalue weighted by Gasteiger charge is -2.21. The molecule has 2 amide bonds. The Hall–Kier alpha value is -2.54. The van der Waals surface area contributed by atoms with Gasteiger partial charge < -0.3 is 10.2 Å². The number of carbonyl (C=O) groups excluding carboxylic acids is 2. The maximum Gasteiger partial charge on any atom is 0.418 e. The van der Waals surface area contributed by atoms with Crippen LogP contribution in [0.3, 0.4) is 0 Å². The number of alkyl halides is 3. The zero-order valence-corrected chi connectivity index (χ0v) is 14.1. The van der Waals surface area contributed by atoms with Gasteiger partial charge in [-0.3, -0.25) is 9.59 Å². The van der Waals surface area contributed by atoms with Crippen LogP contribution in [-0.4, -0.2) is 18.4 Å². The first-order chi connectivity index (χ1) is 12.3. The van der Waals surface area contributed by atoms with E-state index in [1.165, 1.54) is 18.2 Å². The van der Waals surface area contributed by atoms with Gasteiger partial charge in [-0.15, -0.1) is 0 Å². The van der Waals surface area contributed by atoms with E-state index in [0.29, 0.717) is 10.7 Å². The highest BCUT2D eigenvalue weighted by Crippen LogP contribution is 2.38. The van der Waals surface area contributed by atoms with Gasteiger partial charge in [0.1, 0.15) is 0 Å². The fourth-order valence-corrected chi connectivity index (χ4v) is 3.05. The molecule has 0 saturated carbocycles. The topological polar surface area (TPSA) is 49.4 Å². The zero-order chi connectivity index (χ0) is 18.9. The normalized spacial score (nSPS) is 17.5. The van der Waals surface area contributed by atoms with E-state index in [1.54, 1.807) is 24.3 Å². The van der Waals surface area contributed by atoms with Crippen molar-refractivity contribution in [3.8, 4) is 0 Å². The summed E-state index contributed by atoms with van der Waals surface area (Å²) in [5, 5.41) is 2.96. The molecule has 26 heavy (non-hydrogen) atoms. The van der Waals surface area contributed by atoms with Crippen LogP contribution >= 0.6 is 11.6 Å². The molecule has 1 N–H and O–H groups in total. The molecule has 2 aromatic carbocycles. The Morgan fingerprint density at radius 2 is 1.77 bits per heavy atom. The van der Waals surface area contributed by atoms with Crippen LogP contribution in [-0.2, 0) is 15.8 Å². The Morgan fingerprint density at radius 3 is 2.46 bits per heavy atom. The lowest BCUT2D eigenvalue weighted by atomic mass is 10.1. The highest BCUT2D eigenvalue weighted by Gasteiger charge is 2.40. The number of nitrogens with zero attached hydrogens (tertiary/aromatic N) is 1. The molecule has 136 valence electrons. The summed E-state index contributed by atoms with van der Waals surface area (Å²) in [6.07, 6.45) is -4.75. The Labute approximate surface area is 152 Å². The van der Waals surface area contributed by atoms with E-state index in [2.05, 4.69) is 5.32 Å². The van der Waals surface area contributed by atoms with Crippen LogP contribution in [0.4, 0.5) is 24.5 Å². The number of amides is 2. The minimum absolute atomic E-state index is 0.123. The third-order valence-corrected chi connectivity index (χ3v) is 4.46. The van der Waals surface area contributed by atoms with E-state index in [4.69, 9.17) is 11.6 Å². The van der Waals surface area contributed by atoms with E-state index >= 15 is 0 Å². The van der Waals surface area contributed by atoms with Crippen molar-refractivity contribution in [2.75, 3.05) is 16.8 Å².